The third-order valence-electron chi connectivity index (χ3n) is 2.50. The topological polar surface area (TPSA) is 59.3 Å². The largest absolute Gasteiger partial charge is 0.497 e. The number of carbonyl (C=O) groups excluding carboxylic acids is 1. The van der Waals surface area contributed by atoms with Crippen LogP contribution in [0.4, 0.5) is 0 Å². The molecular weight excluding hydrogens is 242 g/mol. The highest BCUT2D eigenvalue weighted by Gasteiger charge is 2.08. The molecule has 0 heterocycles. The second-order valence-corrected chi connectivity index (χ2v) is 3.76. The monoisotopic (exact) mass is 253 g/mol. The van der Waals surface area contributed by atoms with Crippen LogP contribution in [0, 0.1) is 11.3 Å². The zero-order valence-electron chi connectivity index (χ0n) is 10.3. The number of hydrogen-bond acceptors (Lipinski definition) is 4. The van der Waals surface area contributed by atoms with E-state index in [0.717, 1.165) is 0 Å². The molecule has 0 saturated heterocycles. The minimum absolute atomic E-state index is 0.391. The van der Waals surface area contributed by atoms with Gasteiger partial charge >= 0.3 is 5.97 Å². The third-order valence-corrected chi connectivity index (χ3v) is 2.50. The normalized spacial score (nSPS) is 9.47. The summed E-state index contributed by atoms with van der Waals surface area (Å²) >= 11 is 0. The Hall–Kier alpha value is -2.80. The number of hydrogen-bond donors (Lipinski definition) is 0. The molecule has 0 aliphatic heterocycles. The Morgan fingerprint density at radius 1 is 1.11 bits per heavy atom. The number of rotatable bonds is 3. The molecule has 0 unspecified atom stereocenters. The molecule has 4 nitrogen and oxygen atoms in total. The van der Waals surface area contributed by atoms with Gasteiger partial charge in [-0.25, -0.2) is 4.79 Å². The van der Waals surface area contributed by atoms with Crippen molar-refractivity contribution in [3.63, 3.8) is 0 Å². The summed E-state index contributed by atoms with van der Waals surface area (Å²) in [6, 6.07) is 15.0. The van der Waals surface area contributed by atoms with Gasteiger partial charge < -0.3 is 9.47 Å². The first-order chi connectivity index (χ1) is 9.22. The van der Waals surface area contributed by atoms with Gasteiger partial charge in [-0.3, -0.25) is 0 Å². The lowest BCUT2D eigenvalue weighted by Crippen LogP contribution is -2.08. The lowest BCUT2D eigenvalue weighted by molar-refractivity contribution is 0.0734. The maximum Gasteiger partial charge on any atom is 0.343 e. The second kappa shape index (κ2) is 5.69. The number of esters is 1. The lowest BCUT2D eigenvalue weighted by atomic mass is 10.1. The van der Waals surface area contributed by atoms with E-state index >= 15 is 0 Å². The first-order valence-corrected chi connectivity index (χ1v) is 5.59. The molecule has 4 heteroatoms. The first kappa shape index (κ1) is 12.7. The van der Waals surface area contributed by atoms with Crippen molar-refractivity contribution in [2.45, 2.75) is 0 Å². The van der Waals surface area contributed by atoms with Crippen molar-refractivity contribution in [3.05, 3.63) is 59.7 Å². The molecule has 0 aliphatic rings. The van der Waals surface area contributed by atoms with Crippen LogP contribution in [0.2, 0.25) is 0 Å². The minimum Gasteiger partial charge on any atom is -0.497 e. The molecule has 0 radical (unpaired) electrons. The van der Waals surface area contributed by atoms with Gasteiger partial charge in [0.15, 0.2) is 0 Å². The van der Waals surface area contributed by atoms with Gasteiger partial charge in [-0.05, 0) is 36.4 Å². The zero-order chi connectivity index (χ0) is 13.7. The molecule has 2 rings (SSSR count). The van der Waals surface area contributed by atoms with Crippen molar-refractivity contribution >= 4 is 5.97 Å². The van der Waals surface area contributed by atoms with Crippen LogP contribution in [-0.4, -0.2) is 13.1 Å². The van der Waals surface area contributed by atoms with Crippen molar-refractivity contribution in [2.24, 2.45) is 0 Å². The number of nitriles is 1. The van der Waals surface area contributed by atoms with Crippen LogP contribution in [0.15, 0.2) is 48.5 Å². The van der Waals surface area contributed by atoms with Gasteiger partial charge in [-0.1, -0.05) is 6.07 Å². The number of carbonyl (C=O) groups is 1. The quantitative estimate of drug-likeness (QED) is 0.623. The Labute approximate surface area is 110 Å². The highest BCUT2D eigenvalue weighted by atomic mass is 16.5. The molecule has 94 valence electrons. The predicted octanol–water partition coefficient (Wildman–Crippen LogP) is 2.79. The SMILES string of the molecule is COc1cccc(OC(=O)c2ccc(C#N)cc2)c1. The molecule has 0 atom stereocenters. The Balaban J connectivity index is 2.13. The fourth-order valence-corrected chi connectivity index (χ4v) is 1.51. The fraction of sp³-hybridized carbons (Fsp3) is 0.0667. The van der Waals surface area contributed by atoms with E-state index in [1.54, 1.807) is 55.6 Å². The molecule has 2 aromatic carbocycles. The van der Waals surface area contributed by atoms with Gasteiger partial charge in [0.1, 0.15) is 11.5 Å². The van der Waals surface area contributed by atoms with E-state index in [-0.39, 0.29) is 0 Å². The zero-order valence-corrected chi connectivity index (χ0v) is 10.3. The van der Waals surface area contributed by atoms with Crippen molar-refractivity contribution in [2.75, 3.05) is 7.11 Å². The third kappa shape index (κ3) is 3.11. The van der Waals surface area contributed by atoms with Gasteiger partial charge in [-0.15, -0.1) is 0 Å². The van der Waals surface area contributed by atoms with E-state index in [9.17, 15) is 4.79 Å². The predicted molar refractivity (Wildman–Crippen MR) is 69.1 cm³/mol. The van der Waals surface area contributed by atoms with Crippen LogP contribution in [0.25, 0.3) is 0 Å². The van der Waals surface area contributed by atoms with E-state index in [1.165, 1.54) is 0 Å². The molecule has 2 aromatic rings. The van der Waals surface area contributed by atoms with Crippen molar-refractivity contribution in [1.82, 2.24) is 0 Å². The van der Waals surface area contributed by atoms with Gasteiger partial charge in [0.2, 0.25) is 0 Å². The lowest BCUT2D eigenvalue weighted by Gasteiger charge is -2.06. The molecule has 0 fully saturated rings. The average molecular weight is 253 g/mol. The maximum atomic E-state index is 11.9. The van der Waals surface area contributed by atoms with Crippen LogP contribution >= 0.6 is 0 Å². The summed E-state index contributed by atoms with van der Waals surface area (Å²) in [4.78, 5) is 11.9. The molecule has 0 aliphatic carbocycles. The molecule has 0 spiro atoms. The van der Waals surface area contributed by atoms with Gasteiger partial charge in [0.25, 0.3) is 0 Å². The summed E-state index contributed by atoms with van der Waals surface area (Å²) in [5.74, 6) is 0.552. The number of benzene rings is 2. The van der Waals surface area contributed by atoms with Crippen LogP contribution in [-0.2, 0) is 0 Å². The number of ether oxygens (including phenoxy) is 2. The van der Waals surface area contributed by atoms with Crippen LogP contribution in [0.3, 0.4) is 0 Å². The Morgan fingerprint density at radius 2 is 1.79 bits per heavy atom. The molecule has 0 bridgehead atoms. The second-order valence-electron chi connectivity index (χ2n) is 3.76. The van der Waals surface area contributed by atoms with E-state index in [1.807, 2.05) is 6.07 Å². The first-order valence-electron chi connectivity index (χ1n) is 5.59. The summed E-state index contributed by atoms with van der Waals surface area (Å²) in [6.45, 7) is 0. The minimum atomic E-state index is -0.474. The van der Waals surface area contributed by atoms with Crippen LogP contribution in [0.1, 0.15) is 15.9 Å². The van der Waals surface area contributed by atoms with E-state index in [0.29, 0.717) is 22.6 Å². The molecular formula is C15H11NO3. The number of methoxy groups -OCH3 is 1. The van der Waals surface area contributed by atoms with E-state index in [4.69, 9.17) is 14.7 Å². The van der Waals surface area contributed by atoms with Crippen LogP contribution in [0.5, 0.6) is 11.5 Å². The van der Waals surface area contributed by atoms with Gasteiger partial charge in [-0.2, -0.15) is 5.26 Å². The van der Waals surface area contributed by atoms with E-state index < -0.39 is 5.97 Å². The molecule has 0 saturated carbocycles. The maximum absolute atomic E-state index is 11.9. The summed E-state index contributed by atoms with van der Waals surface area (Å²) in [5.41, 5.74) is 0.889. The Morgan fingerprint density at radius 3 is 2.42 bits per heavy atom. The smallest absolute Gasteiger partial charge is 0.343 e. The van der Waals surface area contributed by atoms with E-state index in [2.05, 4.69) is 0 Å². The number of nitrogens with zero attached hydrogens (tertiary/aromatic N) is 1. The van der Waals surface area contributed by atoms with Crippen molar-refractivity contribution < 1.29 is 14.3 Å². The Bertz CT molecular complexity index is 627. The summed E-state index contributed by atoms with van der Waals surface area (Å²) in [5, 5.41) is 8.68. The average Bonchev–Trinajstić information content (AvgIpc) is 2.47. The highest BCUT2D eigenvalue weighted by Crippen LogP contribution is 2.20. The summed E-state index contributed by atoms with van der Waals surface area (Å²) < 4.78 is 10.3. The van der Waals surface area contributed by atoms with Crippen molar-refractivity contribution in [3.8, 4) is 17.6 Å². The molecule has 0 amide bonds. The molecule has 0 N–H and O–H groups in total. The highest BCUT2D eigenvalue weighted by molar-refractivity contribution is 5.91. The molecule has 19 heavy (non-hydrogen) atoms. The Kier molecular flexibility index (Phi) is 3.79. The standard InChI is InChI=1S/C15H11NO3/c1-18-13-3-2-4-14(9-13)19-15(17)12-7-5-11(10-16)6-8-12/h2-9H,1H3. The summed E-state index contributed by atoms with van der Waals surface area (Å²) in [6.07, 6.45) is 0. The van der Waals surface area contributed by atoms with Crippen LogP contribution < -0.4 is 9.47 Å². The summed E-state index contributed by atoms with van der Waals surface area (Å²) in [7, 11) is 1.54. The molecule has 0 aromatic heterocycles. The fourth-order valence-electron chi connectivity index (χ4n) is 1.51. The van der Waals surface area contributed by atoms with Gasteiger partial charge in [0.05, 0.1) is 24.3 Å². The van der Waals surface area contributed by atoms with Gasteiger partial charge in [0, 0.05) is 6.07 Å². The van der Waals surface area contributed by atoms with Crippen molar-refractivity contribution in [1.29, 1.82) is 5.26 Å².